The van der Waals surface area contributed by atoms with Gasteiger partial charge in [-0.05, 0) is 48.7 Å². The van der Waals surface area contributed by atoms with Crippen LogP contribution in [0.5, 0.6) is 0 Å². The maximum atomic E-state index is 5.13. The van der Waals surface area contributed by atoms with E-state index in [4.69, 9.17) is 24.4 Å². The summed E-state index contributed by atoms with van der Waals surface area (Å²) in [5.41, 5.74) is 1.81. The Bertz CT molecular complexity index is 437. The number of hydrogen-bond acceptors (Lipinski definition) is 2. The lowest BCUT2D eigenvalue weighted by Crippen LogP contribution is -2.28. The molecule has 0 spiro atoms. The number of nitrogens with one attached hydrogen (secondary N) is 4. The van der Waals surface area contributed by atoms with E-state index in [0.29, 0.717) is 23.3 Å². The van der Waals surface area contributed by atoms with Crippen LogP contribution in [-0.4, -0.2) is 23.3 Å². The van der Waals surface area contributed by atoms with E-state index in [1.807, 2.05) is 24.3 Å². The van der Waals surface area contributed by atoms with Crippen LogP contribution in [0.3, 0.4) is 0 Å². The topological polar surface area (TPSA) is 48.1 Å². The summed E-state index contributed by atoms with van der Waals surface area (Å²) >= 11 is 10.3. The number of thiocarbonyl (C=S) groups is 2. The lowest BCUT2D eigenvalue weighted by molar-refractivity contribution is 1.06. The molecule has 0 radical (unpaired) electrons. The highest BCUT2D eigenvalue weighted by molar-refractivity contribution is 7.80. The predicted molar refractivity (Wildman–Crippen MR) is 95.3 cm³/mol. The van der Waals surface area contributed by atoms with Crippen LogP contribution < -0.4 is 21.3 Å². The Morgan fingerprint density at radius 2 is 1.20 bits per heavy atom. The molecule has 1 aromatic rings. The highest BCUT2D eigenvalue weighted by atomic mass is 32.1. The van der Waals surface area contributed by atoms with Crippen molar-refractivity contribution in [2.75, 3.05) is 23.7 Å². The zero-order valence-corrected chi connectivity index (χ0v) is 12.7. The zero-order valence-electron chi connectivity index (χ0n) is 11.1. The molecule has 0 aliphatic carbocycles. The van der Waals surface area contributed by atoms with E-state index in [1.54, 1.807) is 12.2 Å². The van der Waals surface area contributed by atoms with Crippen molar-refractivity contribution >= 4 is 46.0 Å². The fourth-order valence-corrected chi connectivity index (χ4v) is 1.72. The Labute approximate surface area is 130 Å². The predicted octanol–water partition coefficient (Wildman–Crippen LogP) is 2.63. The third-order valence-corrected chi connectivity index (χ3v) is 2.71. The van der Waals surface area contributed by atoms with Crippen LogP contribution in [0.25, 0.3) is 0 Å². The van der Waals surface area contributed by atoms with Gasteiger partial charge in [0.1, 0.15) is 0 Å². The molecule has 4 nitrogen and oxygen atoms in total. The van der Waals surface area contributed by atoms with E-state index in [-0.39, 0.29) is 0 Å². The lowest BCUT2D eigenvalue weighted by Gasteiger charge is -2.11. The van der Waals surface area contributed by atoms with Crippen LogP contribution in [0.1, 0.15) is 0 Å². The van der Waals surface area contributed by atoms with Crippen molar-refractivity contribution in [1.29, 1.82) is 0 Å². The van der Waals surface area contributed by atoms with Crippen molar-refractivity contribution in [1.82, 2.24) is 10.6 Å². The number of hydrogen-bond donors (Lipinski definition) is 4. The maximum absolute atomic E-state index is 5.13. The summed E-state index contributed by atoms with van der Waals surface area (Å²) in [5.74, 6) is 0. The monoisotopic (exact) mass is 306 g/mol. The third kappa shape index (κ3) is 6.31. The van der Waals surface area contributed by atoms with Crippen molar-refractivity contribution in [2.45, 2.75) is 0 Å². The highest BCUT2D eigenvalue weighted by Crippen LogP contribution is 2.13. The molecule has 0 fully saturated rings. The zero-order chi connectivity index (χ0) is 14.8. The van der Waals surface area contributed by atoms with E-state index >= 15 is 0 Å². The summed E-state index contributed by atoms with van der Waals surface area (Å²) in [7, 11) is 0. The normalized spacial score (nSPS) is 9.20. The first-order valence-electron chi connectivity index (χ1n) is 6.07. The van der Waals surface area contributed by atoms with Crippen molar-refractivity contribution < 1.29 is 0 Å². The van der Waals surface area contributed by atoms with Crippen LogP contribution in [-0.2, 0) is 0 Å². The molecule has 0 heterocycles. The molecular weight excluding hydrogens is 288 g/mol. The van der Waals surface area contributed by atoms with Crippen molar-refractivity contribution in [3.8, 4) is 0 Å². The molecule has 0 aliphatic rings. The molecule has 0 bridgehead atoms. The lowest BCUT2D eigenvalue weighted by atomic mass is 10.3. The number of benzene rings is 1. The summed E-state index contributed by atoms with van der Waals surface area (Å²) in [4.78, 5) is 0. The van der Waals surface area contributed by atoms with Gasteiger partial charge in [-0.25, -0.2) is 0 Å². The summed E-state index contributed by atoms with van der Waals surface area (Å²) in [6.45, 7) is 8.50. The highest BCUT2D eigenvalue weighted by Gasteiger charge is 1.98. The first kappa shape index (κ1) is 16.1. The molecule has 6 heteroatoms. The molecule has 4 N–H and O–H groups in total. The Morgan fingerprint density at radius 3 is 1.50 bits per heavy atom. The summed E-state index contributed by atoms with van der Waals surface area (Å²) < 4.78 is 0. The smallest absolute Gasteiger partial charge is 0.171 e. The van der Waals surface area contributed by atoms with Crippen LogP contribution in [0.4, 0.5) is 11.4 Å². The van der Waals surface area contributed by atoms with Gasteiger partial charge in [-0.1, -0.05) is 12.2 Å². The molecule has 0 saturated heterocycles. The fraction of sp³-hybridized carbons (Fsp3) is 0.143. The van der Waals surface area contributed by atoms with E-state index in [9.17, 15) is 0 Å². The second kappa shape index (κ2) is 9.06. The maximum Gasteiger partial charge on any atom is 0.171 e. The minimum absolute atomic E-state index is 0.564. The minimum Gasteiger partial charge on any atom is -0.359 e. The molecule has 0 unspecified atom stereocenters. The Balaban J connectivity index is 2.47. The van der Waals surface area contributed by atoms with Gasteiger partial charge in [0.25, 0.3) is 0 Å². The average Bonchev–Trinajstić information content (AvgIpc) is 2.45. The van der Waals surface area contributed by atoms with Gasteiger partial charge in [0, 0.05) is 24.5 Å². The molecular formula is C14H18N4S2. The molecule has 0 aliphatic heterocycles. The van der Waals surface area contributed by atoms with Crippen molar-refractivity contribution in [2.24, 2.45) is 0 Å². The summed E-state index contributed by atoms with van der Waals surface area (Å²) in [6.07, 6.45) is 3.50. The molecule has 1 aromatic carbocycles. The molecule has 0 aromatic heterocycles. The Hall–Kier alpha value is -1.92. The SMILES string of the molecule is C=CCNC(=S)Nc1ccc(NC(=S)NCC=C)cc1. The van der Waals surface area contributed by atoms with Crippen LogP contribution in [0.15, 0.2) is 49.6 Å². The molecule has 0 atom stereocenters. The van der Waals surface area contributed by atoms with Gasteiger partial charge in [-0.15, -0.1) is 13.2 Å². The standard InChI is InChI=1S/C14H18N4S2/c1-3-9-15-13(19)17-11-5-7-12(8-6-11)18-14(20)16-10-4-2/h3-8H,1-2,9-10H2,(H2,15,17,19)(H2,16,18,20). The average molecular weight is 306 g/mol. The molecule has 20 heavy (non-hydrogen) atoms. The number of anilines is 2. The van der Waals surface area contributed by atoms with Crippen molar-refractivity contribution in [3.63, 3.8) is 0 Å². The first-order valence-corrected chi connectivity index (χ1v) is 6.89. The van der Waals surface area contributed by atoms with E-state index in [1.165, 1.54) is 0 Å². The second-order valence-electron chi connectivity index (χ2n) is 3.82. The second-order valence-corrected chi connectivity index (χ2v) is 4.64. The first-order chi connectivity index (χ1) is 9.65. The number of rotatable bonds is 6. The van der Waals surface area contributed by atoms with Crippen LogP contribution in [0.2, 0.25) is 0 Å². The van der Waals surface area contributed by atoms with E-state index in [0.717, 1.165) is 11.4 Å². The van der Waals surface area contributed by atoms with Gasteiger partial charge < -0.3 is 21.3 Å². The Morgan fingerprint density at radius 1 is 0.850 bits per heavy atom. The van der Waals surface area contributed by atoms with Crippen LogP contribution in [0, 0.1) is 0 Å². The molecule has 0 saturated carbocycles. The summed E-state index contributed by atoms with van der Waals surface area (Å²) in [5, 5.41) is 13.3. The van der Waals surface area contributed by atoms with Gasteiger partial charge >= 0.3 is 0 Å². The fourth-order valence-electron chi connectivity index (χ4n) is 1.32. The molecule has 0 amide bonds. The van der Waals surface area contributed by atoms with Gasteiger partial charge in [0.05, 0.1) is 0 Å². The quantitative estimate of drug-likeness (QED) is 0.479. The van der Waals surface area contributed by atoms with E-state index in [2.05, 4.69) is 34.4 Å². The largest absolute Gasteiger partial charge is 0.359 e. The van der Waals surface area contributed by atoms with Gasteiger partial charge in [0.2, 0.25) is 0 Å². The van der Waals surface area contributed by atoms with Gasteiger partial charge in [0.15, 0.2) is 10.2 Å². The third-order valence-electron chi connectivity index (χ3n) is 2.21. The summed E-state index contributed by atoms with van der Waals surface area (Å²) in [6, 6.07) is 7.67. The van der Waals surface area contributed by atoms with Crippen molar-refractivity contribution in [3.05, 3.63) is 49.6 Å². The van der Waals surface area contributed by atoms with Gasteiger partial charge in [-0.3, -0.25) is 0 Å². The molecule has 1 rings (SSSR count). The minimum atomic E-state index is 0.564. The molecule has 106 valence electrons. The van der Waals surface area contributed by atoms with Gasteiger partial charge in [-0.2, -0.15) is 0 Å². The van der Waals surface area contributed by atoms with E-state index < -0.39 is 0 Å². The van der Waals surface area contributed by atoms with Crippen LogP contribution >= 0.6 is 24.4 Å². The Kier molecular flexibility index (Phi) is 7.31.